The van der Waals surface area contributed by atoms with Gasteiger partial charge in [0.1, 0.15) is 5.75 Å². The molecule has 1 saturated carbocycles. The standard InChI is InChI=1S/C21H27N3O2/c1-16(23-17(2)25)3-4-20-13-22-24(14-20)12-11-18-7-9-21(10-8-18)26-15-19-5-6-19/h3-4,7-10,13-14,16,19H,5-6,11-12,15H2,1-2H3,(H,23,25)/b4-3+/t16-/m0/s1. The summed E-state index contributed by atoms with van der Waals surface area (Å²) in [6, 6.07) is 8.37. The third-order valence-electron chi connectivity index (χ3n) is 4.40. The Morgan fingerprint density at radius 1 is 1.38 bits per heavy atom. The van der Waals surface area contributed by atoms with E-state index in [2.05, 4.69) is 34.7 Å². The first kappa shape index (κ1) is 18.2. The van der Waals surface area contributed by atoms with Crippen molar-refractivity contribution in [2.45, 2.75) is 45.7 Å². The molecule has 1 aliphatic rings. The third-order valence-corrected chi connectivity index (χ3v) is 4.40. The maximum Gasteiger partial charge on any atom is 0.217 e. The Kier molecular flexibility index (Phi) is 6.10. The van der Waals surface area contributed by atoms with E-state index in [4.69, 9.17) is 4.74 Å². The number of aryl methyl sites for hydroxylation is 2. The van der Waals surface area contributed by atoms with Crippen LogP contribution in [0.15, 0.2) is 42.7 Å². The van der Waals surface area contributed by atoms with Gasteiger partial charge < -0.3 is 10.1 Å². The first-order valence-corrected chi connectivity index (χ1v) is 9.28. The number of carbonyl (C=O) groups excluding carboxylic acids is 1. The number of amides is 1. The number of hydrogen-bond acceptors (Lipinski definition) is 3. The molecular formula is C21H27N3O2. The molecule has 0 spiro atoms. The van der Waals surface area contributed by atoms with E-state index in [9.17, 15) is 4.79 Å². The zero-order valence-corrected chi connectivity index (χ0v) is 15.5. The molecule has 0 saturated heterocycles. The van der Waals surface area contributed by atoms with Crippen LogP contribution in [-0.4, -0.2) is 28.3 Å². The first-order valence-electron chi connectivity index (χ1n) is 9.28. The second kappa shape index (κ2) is 8.70. The molecule has 138 valence electrons. The average molecular weight is 353 g/mol. The first-order chi connectivity index (χ1) is 12.6. The molecule has 1 fully saturated rings. The highest BCUT2D eigenvalue weighted by molar-refractivity contribution is 5.73. The molecule has 1 aliphatic carbocycles. The van der Waals surface area contributed by atoms with E-state index in [1.54, 1.807) is 0 Å². The number of benzene rings is 1. The number of nitrogens with zero attached hydrogens (tertiary/aromatic N) is 2. The van der Waals surface area contributed by atoms with Crippen LogP contribution in [0.25, 0.3) is 6.08 Å². The van der Waals surface area contributed by atoms with Crippen molar-refractivity contribution in [1.82, 2.24) is 15.1 Å². The highest BCUT2D eigenvalue weighted by atomic mass is 16.5. The Hall–Kier alpha value is -2.56. The molecule has 0 bridgehead atoms. The fourth-order valence-electron chi connectivity index (χ4n) is 2.71. The van der Waals surface area contributed by atoms with Crippen molar-refractivity contribution in [2.75, 3.05) is 6.61 Å². The van der Waals surface area contributed by atoms with Gasteiger partial charge in [-0.3, -0.25) is 9.48 Å². The molecule has 3 rings (SSSR count). The summed E-state index contributed by atoms with van der Waals surface area (Å²) >= 11 is 0. The molecule has 0 radical (unpaired) electrons. The van der Waals surface area contributed by atoms with Crippen LogP contribution in [0, 0.1) is 5.92 Å². The minimum Gasteiger partial charge on any atom is -0.493 e. The summed E-state index contributed by atoms with van der Waals surface area (Å²) in [5, 5.41) is 7.22. The average Bonchev–Trinajstić information content (AvgIpc) is 3.34. The molecule has 1 aromatic heterocycles. The molecule has 5 heteroatoms. The predicted molar refractivity (Wildman–Crippen MR) is 103 cm³/mol. The molecule has 2 aromatic rings. The van der Waals surface area contributed by atoms with Gasteiger partial charge in [0, 0.05) is 31.3 Å². The number of carbonyl (C=O) groups is 1. The van der Waals surface area contributed by atoms with Crippen LogP contribution < -0.4 is 10.1 Å². The minimum absolute atomic E-state index is 0.0106. The van der Waals surface area contributed by atoms with E-state index in [1.807, 2.05) is 36.2 Å². The smallest absolute Gasteiger partial charge is 0.217 e. The largest absolute Gasteiger partial charge is 0.493 e. The fraction of sp³-hybridized carbons (Fsp3) is 0.429. The lowest BCUT2D eigenvalue weighted by Crippen LogP contribution is -2.28. The second-order valence-corrected chi connectivity index (χ2v) is 7.03. The molecule has 0 aliphatic heterocycles. The Morgan fingerprint density at radius 2 is 2.15 bits per heavy atom. The SMILES string of the molecule is CC(=O)N[C@@H](C)/C=C/c1cnn(CCc2ccc(OCC3CC3)cc2)c1. The van der Waals surface area contributed by atoms with Gasteiger partial charge in [0.2, 0.25) is 5.91 Å². The van der Waals surface area contributed by atoms with Crippen LogP contribution in [0.4, 0.5) is 0 Å². The number of rotatable bonds is 9. The molecule has 26 heavy (non-hydrogen) atoms. The Balaban J connectivity index is 1.45. The van der Waals surface area contributed by atoms with Crippen molar-refractivity contribution in [3.63, 3.8) is 0 Å². The minimum atomic E-state index is -0.0261. The second-order valence-electron chi connectivity index (χ2n) is 7.03. The van der Waals surface area contributed by atoms with Crippen molar-refractivity contribution in [3.8, 4) is 5.75 Å². The van der Waals surface area contributed by atoms with Crippen LogP contribution in [0.3, 0.4) is 0 Å². The summed E-state index contributed by atoms with van der Waals surface area (Å²) in [4.78, 5) is 11.0. The summed E-state index contributed by atoms with van der Waals surface area (Å²) < 4.78 is 7.71. The molecule has 5 nitrogen and oxygen atoms in total. The Bertz CT molecular complexity index is 745. The summed E-state index contributed by atoms with van der Waals surface area (Å²) in [5.74, 6) is 1.71. The van der Waals surface area contributed by atoms with Crippen molar-refractivity contribution >= 4 is 12.0 Å². The Labute approximate surface area is 155 Å². The van der Waals surface area contributed by atoms with Gasteiger partial charge in [-0.2, -0.15) is 5.10 Å². The van der Waals surface area contributed by atoms with Crippen LogP contribution in [-0.2, 0) is 17.8 Å². The summed E-state index contributed by atoms with van der Waals surface area (Å²) in [5.41, 5.74) is 2.31. The maximum absolute atomic E-state index is 11.0. The molecule has 0 unspecified atom stereocenters. The molecular weight excluding hydrogens is 326 g/mol. The van der Waals surface area contributed by atoms with E-state index in [-0.39, 0.29) is 11.9 Å². The zero-order chi connectivity index (χ0) is 18.4. The highest BCUT2D eigenvalue weighted by Crippen LogP contribution is 2.29. The van der Waals surface area contributed by atoms with Crippen molar-refractivity contribution in [3.05, 3.63) is 53.9 Å². The van der Waals surface area contributed by atoms with E-state index in [0.29, 0.717) is 0 Å². The lowest BCUT2D eigenvalue weighted by Gasteiger charge is -2.07. The van der Waals surface area contributed by atoms with E-state index >= 15 is 0 Å². The van der Waals surface area contributed by atoms with Crippen molar-refractivity contribution in [1.29, 1.82) is 0 Å². The Morgan fingerprint density at radius 3 is 2.85 bits per heavy atom. The molecule has 1 aromatic carbocycles. The zero-order valence-electron chi connectivity index (χ0n) is 15.5. The van der Waals surface area contributed by atoms with Gasteiger partial charge in [-0.15, -0.1) is 0 Å². The summed E-state index contributed by atoms with van der Waals surface area (Å²) in [6.07, 6.45) is 11.3. The van der Waals surface area contributed by atoms with Gasteiger partial charge in [0.15, 0.2) is 0 Å². The van der Waals surface area contributed by atoms with Crippen LogP contribution in [0.2, 0.25) is 0 Å². The summed E-state index contributed by atoms with van der Waals surface area (Å²) in [6.45, 7) is 5.15. The molecule has 1 N–H and O–H groups in total. The quantitative estimate of drug-likeness (QED) is 0.751. The molecule has 1 atom stereocenters. The van der Waals surface area contributed by atoms with Gasteiger partial charge >= 0.3 is 0 Å². The van der Waals surface area contributed by atoms with E-state index in [0.717, 1.165) is 36.8 Å². The molecule has 1 amide bonds. The molecule has 1 heterocycles. The monoisotopic (exact) mass is 353 g/mol. The number of hydrogen-bond donors (Lipinski definition) is 1. The number of aromatic nitrogens is 2. The topological polar surface area (TPSA) is 56.2 Å². The van der Waals surface area contributed by atoms with Crippen LogP contribution >= 0.6 is 0 Å². The van der Waals surface area contributed by atoms with Gasteiger partial charge in [-0.1, -0.05) is 24.3 Å². The third kappa shape index (κ3) is 6.06. The fourth-order valence-corrected chi connectivity index (χ4v) is 2.71. The van der Waals surface area contributed by atoms with Crippen LogP contribution in [0.1, 0.15) is 37.8 Å². The lowest BCUT2D eigenvalue weighted by molar-refractivity contribution is -0.119. The summed E-state index contributed by atoms with van der Waals surface area (Å²) in [7, 11) is 0. The van der Waals surface area contributed by atoms with Gasteiger partial charge in [0.25, 0.3) is 0 Å². The highest BCUT2D eigenvalue weighted by Gasteiger charge is 2.21. The van der Waals surface area contributed by atoms with E-state index in [1.165, 1.54) is 25.3 Å². The van der Waals surface area contributed by atoms with Gasteiger partial charge in [0.05, 0.1) is 12.8 Å². The normalized spacial score (nSPS) is 15.2. The van der Waals surface area contributed by atoms with Gasteiger partial charge in [-0.05, 0) is 49.8 Å². The predicted octanol–water partition coefficient (Wildman–Crippen LogP) is 3.45. The number of nitrogens with one attached hydrogen (secondary N) is 1. The maximum atomic E-state index is 11.0. The van der Waals surface area contributed by atoms with Crippen molar-refractivity contribution < 1.29 is 9.53 Å². The van der Waals surface area contributed by atoms with Crippen molar-refractivity contribution in [2.24, 2.45) is 5.92 Å². The van der Waals surface area contributed by atoms with E-state index < -0.39 is 0 Å². The lowest BCUT2D eigenvalue weighted by atomic mass is 10.1. The van der Waals surface area contributed by atoms with Gasteiger partial charge in [-0.25, -0.2) is 0 Å². The number of ether oxygens (including phenoxy) is 1. The van der Waals surface area contributed by atoms with Crippen LogP contribution in [0.5, 0.6) is 5.75 Å².